The fourth-order valence-corrected chi connectivity index (χ4v) is 2.48. The van der Waals surface area contributed by atoms with Crippen LogP contribution >= 0.6 is 0 Å². The molecule has 2 aromatic carbocycles. The molecule has 7 nitrogen and oxygen atoms in total. The van der Waals surface area contributed by atoms with E-state index in [1.165, 1.54) is 12.1 Å². The molecule has 0 saturated heterocycles. The molecule has 0 aliphatic heterocycles. The quantitative estimate of drug-likeness (QED) is 0.711. The third-order valence-corrected chi connectivity index (χ3v) is 4.47. The Morgan fingerprint density at radius 2 is 1.71 bits per heavy atom. The van der Waals surface area contributed by atoms with E-state index >= 15 is 0 Å². The maximum Gasteiger partial charge on any atom is 0.335 e. The van der Waals surface area contributed by atoms with Gasteiger partial charge in [0.15, 0.2) is 0 Å². The van der Waals surface area contributed by atoms with Gasteiger partial charge in [0.05, 0.1) is 5.56 Å². The third-order valence-electron chi connectivity index (χ3n) is 4.47. The van der Waals surface area contributed by atoms with Crippen LogP contribution in [0.1, 0.15) is 45.7 Å². The number of hydrogen-bond donors (Lipinski definition) is 3. The average molecular weight is 383 g/mol. The number of nitrogens with one attached hydrogen (secondary N) is 2. The number of carboxylic acids is 1. The number of carboxylic acid groups (broad SMARTS) is 1. The van der Waals surface area contributed by atoms with Crippen LogP contribution in [0.3, 0.4) is 0 Å². The van der Waals surface area contributed by atoms with Gasteiger partial charge in [0.25, 0.3) is 5.91 Å². The topological polar surface area (TPSA) is 98.7 Å². The molecule has 2 aromatic rings. The minimum atomic E-state index is -0.995. The average Bonchev–Trinajstić information content (AvgIpc) is 2.67. The fraction of sp³-hybridized carbons (Fsp3) is 0.286. The van der Waals surface area contributed by atoms with Crippen LogP contribution in [0.15, 0.2) is 42.5 Å². The van der Waals surface area contributed by atoms with Crippen molar-refractivity contribution in [2.75, 3.05) is 12.4 Å². The normalized spacial score (nSPS) is 10.5. The van der Waals surface area contributed by atoms with Crippen LogP contribution in [-0.2, 0) is 6.54 Å². The second-order valence-electron chi connectivity index (χ2n) is 6.85. The van der Waals surface area contributed by atoms with E-state index in [-0.39, 0.29) is 24.1 Å². The van der Waals surface area contributed by atoms with E-state index in [1.54, 1.807) is 42.3 Å². The Morgan fingerprint density at radius 1 is 1.07 bits per heavy atom. The maximum atomic E-state index is 12.6. The standard InChI is InChI=1S/C21H25N3O4/c1-13(2)24(4)19(25)18-11-17(10-5-14(18)3)23-21(28)22-12-15-6-8-16(9-7-15)20(26)27/h5-11,13H,12H2,1-4H3,(H,26,27)(H2,22,23,28). The largest absolute Gasteiger partial charge is 0.478 e. The molecule has 148 valence electrons. The van der Waals surface area contributed by atoms with E-state index in [0.29, 0.717) is 11.3 Å². The van der Waals surface area contributed by atoms with Crippen LogP contribution in [0, 0.1) is 6.92 Å². The zero-order valence-corrected chi connectivity index (χ0v) is 16.4. The number of urea groups is 1. The molecule has 0 bridgehead atoms. The molecular weight excluding hydrogens is 358 g/mol. The molecular formula is C21H25N3O4. The summed E-state index contributed by atoms with van der Waals surface area (Å²) in [6, 6.07) is 11.1. The van der Waals surface area contributed by atoms with E-state index in [0.717, 1.165) is 11.1 Å². The molecule has 0 unspecified atom stereocenters. The summed E-state index contributed by atoms with van der Waals surface area (Å²) in [5, 5.41) is 14.3. The number of benzene rings is 2. The second-order valence-corrected chi connectivity index (χ2v) is 6.85. The highest BCUT2D eigenvalue weighted by molar-refractivity contribution is 5.98. The van der Waals surface area contributed by atoms with Gasteiger partial charge in [-0.1, -0.05) is 18.2 Å². The van der Waals surface area contributed by atoms with Crippen LogP contribution < -0.4 is 10.6 Å². The Hall–Kier alpha value is -3.35. The lowest BCUT2D eigenvalue weighted by Gasteiger charge is -2.22. The van der Waals surface area contributed by atoms with Gasteiger partial charge in [0.1, 0.15) is 0 Å². The van der Waals surface area contributed by atoms with Crippen molar-refractivity contribution in [1.82, 2.24) is 10.2 Å². The number of aromatic carboxylic acids is 1. The molecule has 7 heteroatoms. The summed E-state index contributed by atoms with van der Waals surface area (Å²) in [5.74, 6) is -1.10. The molecule has 2 rings (SSSR count). The van der Waals surface area contributed by atoms with Crippen molar-refractivity contribution in [3.05, 3.63) is 64.7 Å². The van der Waals surface area contributed by atoms with Crippen LogP contribution in [0.2, 0.25) is 0 Å². The molecule has 0 heterocycles. The van der Waals surface area contributed by atoms with Crippen LogP contribution in [0.5, 0.6) is 0 Å². The molecule has 0 aromatic heterocycles. The van der Waals surface area contributed by atoms with Gasteiger partial charge >= 0.3 is 12.0 Å². The Kier molecular flexibility index (Phi) is 6.76. The van der Waals surface area contributed by atoms with Crippen LogP contribution in [-0.4, -0.2) is 41.0 Å². The first-order valence-electron chi connectivity index (χ1n) is 8.94. The number of anilines is 1. The number of aryl methyl sites for hydroxylation is 1. The van der Waals surface area contributed by atoms with Gasteiger partial charge in [0.2, 0.25) is 0 Å². The molecule has 0 saturated carbocycles. The summed E-state index contributed by atoms with van der Waals surface area (Å²) < 4.78 is 0. The van der Waals surface area contributed by atoms with E-state index in [2.05, 4.69) is 10.6 Å². The summed E-state index contributed by atoms with van der Waals surface area (Å²) >= 11 is 0. The van der Waals surface area contributed by atoms with E-state index in [4.69, 9.17) is 5.11 Å². The maximum absolute atomic E-state index is 12.6. The predicted molar refractivity (Wildman–Crippen MR) is 108 cm³/mol. The first-order valence-corrected chi connectivity index (χ1v) is 8.94. The van der Waals surface area contributed by atoms with E-state index in [1.807, 2.05) is 20.8 Å². The van der Waals surface area contributed by atoms with E-state index < -0.39 is 12.0 Å². The summed E-state index contributed by atoms with van der Waals surface area (Å²) in [7, 11) is 1.74. The summed E-state index contributed by atoms with van der Waals surface area (Å²) in [5.41, 5.74) is 2.86. The van der Waals surface area contributed by atoms with Crippen LogP contribution in [0.25, 0.3) is 0 Å². The van der Waals surface area contributed by atoms with Crippen molar-refractivity contribution >= 4 is 23.6 Å². The zero-order chi connectivity index (χ0) is 20.8. The first kappa shape index (κ1) is 21.0. The van der Waals surface area contributed by atoms with Gasteiger partial charge in [-0.15, -0.1) is 0 Å². The fourth-order valence-electron chi connectivity index (χ4n) is 2.48. The first-order chi connectivity index (χ1) is 13.2. The molecule has 0 atom stereocenters. The zero-order valence-electron chi connectivity index (χ0n) is 16.4. The van der Waals surface area contributed by atoms with Gasteiger partial charge in [-0.3, -0.25) is 4.79 Å². The van der Waals surface area contributed by atoms with Gasteiger partial charge in [-0.05, 0) is 56.2 Å². The van der Waals surface area contributed by atoms with Crippen LogP contribution in [0.4, 0.5) is 10.5 Å². The highest BCUT2D eigenvalue weighted by Gasteiger charge is 2.17. The molecule has 0 radical (unpaired) electrons. The number of rotatable bonds is 6. The number of hydrogen-bond acceptors (Lipinski definition) is 3. The lowest BCUT2D eigenvalue weighted by molar-refractivity contribution is 0.0695. The SMILES string of the molecule is Cc1ccc(NC(=O)NCc2ccc(C(=O)O)cc2)cc1C(=O)N(C)C(C)C. The smallest absolute Gasteiger partial charge is 0.335 e. The molecule has 3 N–H and O–H groups in total. The lowest BCUT2D eigenvalue weighted by atomic mass is 10.1. The van der Waals surface area contributed by atoms with Crippen molar-refractivity contribution in [2.45, 2.75) is 33.4 Å². The Balaban J connectivity index is 2.01. The number of nitrogens with zero attached hydrogens (tertiary/aromatic N) is 1. The molecule has 0 fully saturated rings. The molecule has 0 aliphatic rings. The number of amides is 3. The van der Waals surface area contributed by atoms with Gasteiger partial charge < -0.3 is 20.6 Å². The van der Waals surface area contributed by atoms with Gasteiger partial charge in [0, 0.05) is 30.9 Å². The molecule has 0 aliphatic carbocycles. The monoisotopic (exact) mass is 383 g/mol. The Bertz CT molecular complexity index is 876. The van der Waals surface area contributed by atoms with Crippen molar-refractivity contribution in [2.24, 2.45) is 0 Å². The van der Waals surface area contributed by atoms with Crippen molar-refractivity contribution < 1.29 is 19.5 Å². The van der Waals surface area contributed by atoms with Crippen molar-refractivity contribution in [3.63, 3.8) is 0 Å². The van der Waals surface area contributed by atoms with Crippen molar-refractivity contribution in [1.29, 1.82) is 0 Å². The minimum Gasteiger partial charge on any atom is -0.478 e. The number of carbonyl (C=O) groups is 3. The van der Waals surface area contributed by atoms with Gasteiger partial charge in [-0.2, -0.15) is 0 Å². The molecule has 0 spiro atoms. The molecule has 3 amide bonds. The summed E-state index contributed by atoms with van der Waals surface area (Å²) in [4.78, 5) is 37.2. The summed E-state index contributed by atoms with van der Waals surface area (Å²) in [6.45, 7) is 5.98. The second kappa shape index (κ2) is 9.03. The number of carbonyl (C=O) groups excluding carboxylic acids is 2. The highest BCUT2D eigenvalue weighted by Crippen LogP contribution is 2.18. The Morgan fingerprint density at radius 3 is 2.29 bits per heavy atom. The summed E-state index contributed by atoms with van der Waals surface area (Å²) in [6.07, 6.45) is 0. The molecule has 28 heavy (non-hydrogen) atoms. The third kappa shape index (κ3) is 5.33. The van der Waals surface area contributed by atoms with Crippen molar-refractivity contribution in [3.8, 4) is 0 Å². The minimum absolute atomic E-state index is 0.0688. The predicted octanol–water partition coefficient (Wildman–Crippen LogP) is 3.50. The van der Waals surface area contributed by atoms with E-state index in [9.17, 15) is 14.4 Å². The highest BCUT2D eigenvalue weighted by atomic mass is 16.4. The van der Waals surface area contributed by atoms with Gasteiger partial charge in [-0.25, -0.2) is 9.59 Å². The lowest BCUT2D eigenvalue weighted by Crippen LogP contribution is -2.33. The Labute approximate surface area is 164 Å².